The van der Waals surface area contributed by atoms with E-state index in [0.717, 1.165) is 18.7 Å². The van der Waals surface area contributed by atoms with Crippen molar-refractivity contribution in [2.24, 2.45) is 0 Å². The van der Waals surface area contributed by atoms with Crippen LogP contribution in [0.1, 0.15) is 53.5 Å². The second-order valence-electron chi connectivity index (χ2n) is 6.24. The lowest BCUT2D eigenvalue weighted by Crippen LogP contribution is -2.33. The highest BCUT2D eigenvalue weighted by molar-refractivity contribution is 5.33. The van der Waals surface area contributed by atoms with E-state index in [0.29, 0.717) is 6.04 Å². The molecular weight excluding hydrogens is 234 g/mol. The standard InChI is InChI=1S/C17H29NO/c1-7-18-14(4)12-17(5,6)15-9-8-10-16(11-15)19-13(2)3/h8-11,13-14,18H,7,12H2,1-6H3. The first-order valence-corrected chi connectivity index (χ1v) is 7.35. The molecule has 0 aliphatic carbocycles. The molecular formula is C17H29NO. The maximum absolute atomic E-state index is 5.79. The minimum atomic E-state index is 0.151. The summed E-state index contributed by atoms with van der Waals surface area (Å²) < 4.78 is 5.79. The Balaban J connectivity index is 2.82. The van der Waals surface area contributed by atoms with Gasteiger partial charge in [0.1, 0.15) is 5.75 Å². The van der Waals surface area contributed by atoms with E-state index < -0.39 is 0 Å². The number of hydrogen-bond donors (Lipinski definition) is 1. The summed E-state index contributed by atoms with van der Waals surface area (Å²) in [5.41, 5.74) is 1.49. The van der Waals surface area contributed by atoms with Gasteiger partial charge in [-0.1, -0.05) is 32.9 Å². The molecule has 0 fully saturated rings. The van der Waals surface area contributed by atoms with E-state index in [2.05, 4.69) is 65.1 Å². The fraction of sp³-hybridized carbons (Fsp3) is 0.647. The third-order valence-electron chi connectivity index (χ3n) is 3.36. The van der Waals surface area contributed by atoms with Crippen LogP contribution in [0.5, 0.6) is 5.75 Å². The minimum Gasteiger partial charge on any atom is -0.491 e. The van der Waals surface area contributed by atoms with Gasteiger partial charge in [-0.15, -0.1) is 0 Å². The molecule has 1 rings (SSSR count). The van der Waals surface area contributed by atoms with Gasteiger partial charge >= 0.3 is 0 Å². The molecule has 0 heterocycles. The first kappa shape index (κ1) is 16.0. The molecule has 1 unspecified atom stereocenters. The van der Waals surface area contributed by atoms with Crippen LogP contribution in [0.4, 0.5) is 0 Å². The smallest absolute Gasteiger partial charge is 0.119 e. The third-order valence-corrected chi connectivity index (χ3v) is 3.36. The summed E-state index contributed by atoms with van der Waals surface area (Å²) in [6, 6.07) is 9.03. The van der Waals surface area contributed by atoms with Crippen molar-refractivity contribution < 1.29 is 4.74 Å². The van der Waals surface area contributed by atoms with Crippen LogP contribution < -0.4 is 10.1 Å². The Morgan fingerprint density at radius 1 is 1.21 bits per heavy atom. The summed E-state index contributed by atoms with van der Waals surface area (Å²) in [4.78, 5) is 0. The Kier molecular flexibility index (Phi) is 5.86. The number of ether oxygens (including phenoxy) is 1. The van der Waals surface area contributed by atoms with Crippen LogP contribution in [0, 0.1) is 0 Å². The molecule has 0 amide bonds. The van der Waals surface area contributed by atoms with Crippen LogP contribution in [0.3, 0.4) is 0 Å². The van der Waals surface area contributed by atoms with Crippen molar-refractivity contribution in [1.29, 1.82) is 0 Å². The van der Waals surface area contributed by atoms with Crippen molar-refractivity contribution in [2.75, 3.05) is 6.54 Å². The quantitative estimate of drug-likeness (QED) is 0.798. The van der Waals surface area contributed by atoms with Gasteiger partial charge in [-0.3, -0.25) is 0 Å². The van der Waals surface area contributed by atoms with Crippen molar-refractivity contribution >= 4 is 0 Å². The van der Waals surface area contributed by atoms with Crippen molar-refractivity contribution in [2.45, 2.75) is 65.5 Å². The van der Waals surface area contributed by atoms with E-state index in [-0.39, 0.29) is 11.5 Å². The summed E-state index contributed by atoms with van der Waals surface area (Å²) >= 11 is 0. The molecule has 0 saturated heterocycles. The molecule has 1 aromatic rings. The highest BCUT2D eigenvalue weighted by Gasteiger charge is 2.23. The van der Waals surface area contributed by atoms with Crippen LogP contribution in [-0.2, 0) is 5.41 Å². The molecule has 19 heavy (non-hydrogen) atoms. The molecule has 0 aromatic heterocycles. The Morgan fingerprint density at radius 2 is 1.89 bits per heavy atom. The van der Waals surface area contributed by atoms with Crippen molar-refractivity contribution in [3.8, 4) is 5.75 Å². The first-order chi connectivity index (χ1) is 8.85. The van der Waals surface area contributed by atoms with Gasteiger partial charge in [-0.05, 0) is 56.8 Å². The summed E-state index contributed by atoms with van der Waals surface area (Å²) in [5, 5.41) is 3.49. The summed E-state index contributed by atoms with van der Waals surface area (Å²) in [6.45, 7) is 14.1. The monoisotopic (exact) mass is 263 g/mol. The molecule has 2 heteroatoms. The average Bonchev–Trinajstić information content (AvgIpc) is 2.28. The average molecular weight is 263 g/mol. The summed E-state index contributed by atoms with van der Waals surface area (Å²) in [6.07, 6.45) is 1.34. The second-order valence-corrected chi connectivity index (χ2v) is 6.24. The Hall–Kier alpha value is -1.02. The van der Waals surface area contributed by atoms with E-state index in [9.17, 15) is 0 Å². The lowest BCUT2D eigenvalue weighted by molar-refractivity contribution is 0.241. The van der Waals surface area contributed by atoms with Gasteiger partial charge < -0.3 is 10.1 Å². The van der Waals surface area contributed by atoms with Crippen LogP contribution in [0.25, 0.3) is 0 Å². The lowest BCUT2D eigenvalue weighted by atomic mass is 9.79. The van der Waals surface area contributed by atoms with E-state index in [4.69, 9.17) is 4.74 Å². The highest BCUT2D eigenvalue weighted by atomic mass is 16.5. The van der Waals surface area contributed by atoms with Crippen molar-refractivity contribution in [3.63, 3.8) is 0 Å². The molecule has 0 aliphatic heterocycles. The van der Waals surface area contributed by atoms with E-state index in [1.54, 1.807) is 0 Å². The molecule has 2 nitrogen and oxygen atoms in total. The zero-order valence-electron chi connectivity index (χ0n) is 13.3. The molecule has 0 spiro atoms. The topological polar surface area (TPSA) is 21.3 Å². The van der Waals surface area contributed by atoms with Crippen LogP contribution in [0.2, 0.25) is 0 Å². The van der Waals surface area contributed by atoms with Gasteiger partial charge in [-0.2, -0.15) is 0 Å². The maximum Gasteiger partial charge on any atom is 0.119 e. The van der Waals surface area contributed by atoms with Crippen molar-refractivity contribution in [1.82, 2.24) is 5.32 Å². The zero-order valence-corrected chi connectivity index (χ0v) is 13.3. The number of rotatable bonds is 7. The third kappa shape index (κ3) is 5.23. The molecule has 1 N–H and O–H groups in total. The molecule has 0 bridgehead atoms. The fourth-order valence-electron chi connectivity index (χ4n) is 2.57. The van der Waals surface area contributed by atoms with E-state index in [1.165, 1.54) is 5.56 Å². The second kappa shape index (κ2) is 6.95. The Bertz CT molecular complexity index is 385. The van der Waals surface area contributed by atoms with Gasteiger partial charge in [0.25, 0.3) is 0 Å². The Labute approximate surface area is 118 Å². The molecule has 0 radical (unpaired) electrons. The molecule has 0 saturated carbocycles. The zero-order chi connectivity index (χ0) is 14.5. The fourth-order valence-corrected chi connectivity index (χ4v) is 2.57. The number of hydrogen-bond acceptors (Lipinski definition) is 2. The number of nitrogens with one attached hydrogen (secondary N) is 1. The lowest BCUT2D eigenvalue weighted by Gasteiger charge is -2.29. The molecule has 0 aliphatic rings. The first-order valence-electron chi connectivity index (χ1n) is 7.35. The normalized spacial score (nSPS) is 13.6. The van der Waals surface area contributed by atoms with Gasteiger partial charge in [0.05, 0.1) is 6.10 Å². The summed E-state index contributed by atoms with van der Waals surface area (Å²) in [5.74, 6) is 0.969. The van der Waals surface area contributed by atoms with Crippen LogP contribution in [-0.4, -0.2) is 18.7 Å². The largest absolute Gasteiger partial charge is 0.491 e. The van der Waals surface area contributed by atoms with Gasteiger partial charge in [0.15, 0.2) is 0 Å². The summed E-state index contributed by atoms with van der Waals surface area (Å²) in [7, 11) is 0. The maximum atomic E-state index is 5.79. The van der Waals surface area contributed by atoms with E-state index in [1.807, 2.05) is 6.07 Å². The molecule has 1 aromatic carbocycles. The number of benzene rings is 1. The van der Waals surface area contributed by atoms with Gasteiger partial charge in [0.2, 0.25) is 0 Å². The molecule has 108 valence electrons. The molecule has 1 atom stereocenters. The van der Waals surface area contributed by atoms with Gasteiger partial charge in [0, 0.05) is 6.04 Å². The highest BCUT2D eigenvalue weighted by Crippen LogP contribution is 2.30. The predicted octanol–water partition coefficient (Wildman–Crippen LogP) is 4.14. The van der Waals surface area contributed by atoms with Gasteiger partial charge in [-0.25, -0.2) is 0 Å². The van der Waals surface area contributed by atoms with Crippen LogP contribution in [0.15, 0.2) is 24.3 Å². The minimum absolute atomic E-state index is 0.151. The van der Waals surface area contributed by atoms with Crippen LogP contribution >= 0.6 is 0 Å². The van der Waals surface area contributed by atoms with E-state index >= 15 is 0 Å². The predicted molar refractivity (Wildman–Crippen MR) is 83.0 cm³/mol. The SMILES string of the molecule is CCNC(C)CC(C)(C)c1cccc(OC(C)C)c1. The van der Waals surface area contributed by atoms with Crippen molar-refractivity contribution in [3.05, 3.63) is 29.8 Å². The Morgan fingerprint density at radius 3 is 2.47 bits per heavy atom.